The molecular formula is C11H22N2O2. The zero-order chi connectivity index (χ0) is 11.3. The number of nitrogens with zero attached hydrogens (tertiary/aromatic N) is 1. The summed E-state index contributed by atoms with van der Waals surface area (Å²) in [4.78, 5) is 13.2. The minimum Gasteiger partial charge on any atom is -0.480 e. The first-order chi connectivity index (χ1) is 7.17. The quantitative estimate of drug-likeness (QED) is 0.631. The van der Waals surface area contributed by atoms with Crippen LogP contribution < -0.4 is 5.32 Å². The summed E-state index contributed by atoms with van der Waals surface area (Å²) >= 11 is 0. The topological polar surface area (TPSA) is 52.6 Å². The molecule has 1 rings (SSSR count). The van der Waals surface area contributed by atoms with Gasteiger partial charge in [0, 0.05) is 12.6 Å². The van der Waals surface area contributed by atoms with E-state index in [0.717, 1.165) is 32.4 Å². The molecule has 88 valence electrons. The van der Waals surface area contributed by atoms with Crippen LogP contribution >= 0.6 is 0 Å². The van der Waals surface area contributed by atoms with Gasteiger partial charge in [-0.3, -0.25) is 4.79 Å². The molecule has 0 aromatic rings. The van der Waals surface area contributed by atoms with Gasteiger partial charge in [0.05, 0.1) is 0 Å². The number of likely N-dealkylation sites (N-methyl/N-ethyl adjacent to an activating group) is 1. The number of aliphatic carboxylic acids is 1. The molecule has 1 unspecified atom stereocenters. The molecule has 2 N–H and O–H groups in total. The van der Waals surface area contributed by atoms with E-state index < -0.39 is 12.0 Å². The highest BCUT2D eigenvalue weighted by Crippen LogP contribution is 2.19. The van der Waals surface area contributed by atoms with Crippen LogP contribution in [0.15, 0.2) is 0 Å². The van der Waals surface area contributed by atoms with Crippen molar-refractivity contribution >= 4 is 5.97 Å². The van der Waals surface area contributed by atoms with Gasteiger partial charge in [-0.2, -0.15) is 0 Å². The number of hydrogen-bond donors (Lipinski definition) is 2. The highest BCUT2D eigenvalue weighted by molar-refractivity contribution is 5.73. The van der Waals surface area contributed by atoms with E-state index in [1.807, 2.05) is 0 Å². The van der Waals surface area contributed by atoms with Gasteiger partial charge >= 0.3 is 5.97 Å². The van der Waals surface area contributed by atoms with E-state index in [1.165, 1.54) is 0 Å². The molecule has 0 amide bonds. The molecule has 4 nitrogen and oxygen atoms in total. The van der Waals surface area contributed by atoms with Crippen molar-refractivity contribution in [2.45, 2.75) is 45.2 Å². The lowest BCUT2D eigenvalue weighted by atomic mass is 10.2. The molecule has 0 bridgehead atoms. The molecule has 1 aliphatic rings. The van der Waals surface area contributed by atoms with Crippen molar-refractivity contribution in [3.05, 3.63) is 0 Å². The fourth-order valence-corrected chi connectivity index (χ4v) is 1.69. The summed E-state index contributed by atoms with van der Waals surface area (Å²) in [5.74, 6) is -0.726. The Kier molecular flexibility index (Phi) is 5.05. The zero-order valence-electron chi connectivity index (χ0n) is 9.70. The van der Waals surface area contributed by atoms with Crippen LogP contribution in [0.4, 0.5) is 0 Å². The van der Waals surface area contributed by atoms with Gasteiger partial charge in [-0.15, -0.1) is 0 Å². The lowest BCUT2D eigenvalue weighted by molar-refractivity contribution is -0.140. The molecule has 1 atom stereocenters. The first-order valence-corrected chi connectivity index (χ1v) is 5.88. The molecule has 0 radical (unpaired) electrons. The Labute approximate surface area is 91.6 Å². The number of carboxylic acid groups (broad SMARTS) is 1. The smallest absolute Gasteiger partial charge is 0.322 e. The van der Waals surface area contributed by atoms with Crippen molar-refractivity contribution in [2.75, 3.05) is 19.6 Å². The molecule has 1 saturated carbocycles. The second kappa shape index (κ2) is 6.08. The average Bonchev–Trinajstić information content (AvgIpc) is 2.99. The third kappa shape index (κ3) is 4.62. The van der Waals surface area contributed by atoms with Crippen LogP contribution in [0.1, 0.15) is 33.1 Å². The van der Waals surface area contributed by atoms with Crippen LogP contribution in [0.3, 0.4) is 0 Å². The lowest BCUT2D eigenvalue weighted by Crippen LogP contribution is -2.47. The van der Waals surface area contributed by atoms with Crippen LogP contribution in [0.25, 0.3) is 0 Å². The zero-order valence-corrected chi connectivity index (χ0v) is 9.70. The fraction of sp³-hybridized carbons (Fsp3) is 0.909. The molecule has 0 aliphatic heterocycles. The van der Waals surface area contributed by atoms with Crippen LogP contribution in [-0.2, 0) is 4.79 Å². The Morgan fingerprint density at radius 1 is 1.53 bits per heavy atom. The van der Waals surface area contributed by atoms with Crippen molar-refractivity contribution in [1.29, 1.82) is 0 Å². The summed E-state index contributed by atoms with van der Waals surface area (Å²) in [6, 6.07) is 0.0513. The summed E-state index contributed by atoms with van der Waals surface area (Å²) in [5.41, 5.74) is 0. The van der Waals surface area contributed by atoms with E-state index in [9.17, 15) is 4.79 Å². The van der Waals surface area contributed by atoms with Crippen LogP contribution in [-0.4, -0.2) is 47.7 Å². The van der Waals surface area contributed by atoms with Gasteiger partial charge in [-0.25, -0.2) is 0 Å². The Hall–Kier alpha value is -0.610. The summed E-state index contributed by atoms with van der Waals surface area (Å²) in [5, 5.41) is 12.2. The molecule has 1 fully saturated rings. The van der Waals surface area contributed by atoms with Gasteiger partial charge in [0.15, 0.2) is 0 Å². The van der Waals surface area contributed by atoms with E-state index >= 15 is 0 Å². The maximum atomic E-state index is 11.0. The Bertz CT molecular complexity index is 205. The minimum atomic E-state index is -0.726. The van der Waals surface area contributed by atoms with Crippen LogP contribution in [0.2, 0.25) is 0 Å². The highest BCUT2D eigenvalue weighted by Gasteiger charge is 2.28. The van der Waals surface area contributed by atoms with Gasteiger partial charge in [-0.05, 0) is 32.4 Å². The molecule has 0 heterocycles. The Balaban J connectivity index is 2.36. The monoisotopic (exact) mass is 214 g/mol. The highest BCUT2D eigenvalue weighted by atomic mass is 16.4. The molecule has 0 spiro atoms. The summed E-state index contributed by atoms with van der Waals surface area (Å²) in [6.07, 6.45) is 3.33. The normalized spacial score (nSPS) is 18.1. The summed E-state index contributed by atoms with van der Waals surface area (Å²) < 4.78 is 0. The predicted octanol–water partition coefficient (Wildman–Crippen LogP) is 0.923. The third-order valence-corrected chi connectivity index (χ3v) is 2.74. The third-order valence-electron chi connectivity index (χ3n) is 2.74. The first-order valence-electron chi connectivity index (χ1n) is 5.88. The van der Waals surface area contributed by atoms with Crippen LogP contribution in [0.5, 0.6) is 0 Å². The van der Waals surface area contributed by atoms with Gasteiger partial charge in [-0.1, -0.05) is 13.8 Å². The standard InChI is InChI=1S/C11H22N2O2/c1-3-7-13(4-2)8-10(11(14)15)12-9-5-6-9/h9-10,12H,3-8H2,1-2H3,(H,14,15). The first kappa shape index (κ1) is 12.5. The number of hydrogen-bond acceptors (Lipinski definition) is 3. The van der Waals surface area contributed by atoms with Crippen LogP contribution in [0, 0.1) is 0 Å². The number of carboxylic acids is 1. The van der Waals surface area contributed by atoms with E-state index in [2.05, 4.69) is 24.1 Å². The minimum absolute atomic E-state index is 0.399. The molecular weight excluding hydrogens is 192 g/mol. The Morgan fingerprint density at radius 2 is 2.20 bits per heavy atom. The van der Waals surface area contributed by atoms with Crippen molar-refractivity contribution in [2.24, 2.45) is 0 Å². The number of nitrogens with one attached hydrogen (secondary N) is 1. The second-order valence-corrected chi connectivity index (χ2v) is 4.22. The molecule has 4 heteroatoms. The SMILES string of the molecule is CCCN(CC)CC(NC1CC1)C(=O)O. The predicted molar refractivity (Wildman–Crippen MR) is 60.0 cm³/mol. The second-order valence-electron chi connectivity index (χ2n) is 4.22. The van der Waals surface area contributed by atoms with Gasteiger partial charge in [0.2, 0.25) is 0 Å². The van der Waals surface area contributed by atoms with Crippen molar-refractivity contribution in [1.82, 2.24) is 10.2 Å². The lowest BCUT2D eigenvalue weighted by Gasteiger charge is -2.24. The van der Waals surface area contributed by atoms with E-state index in [-0.39, 0.29) is 0 Å². The number of rotatable bonds is 8. The molecule has 15 heavy (non-hydrogen) atoms. The van der Waals surface area contributed by atoms with Crippen molar-refractivity contribution in [3.63, 3.8) is 0 Å². The van der Waals surface area contributed by atoms with E-state index in [0.29, 0.717) is 12.6 Å². The molecule has 1 aliphatic carbocycles. The van der Waals surface area contributed by atoms with Crippen molar-refractivity contribution in [3.8, 4) is 0 Å². The maximum Gasteiger partial charge on any atom is 0.322 e. The summed E-state index contributed by atoms with van der Waals surface area (Å²) in [7, 11) is 0. The van der Waals surface area contributed by atoms with Crippen molar-refractivity contribution < 1.29 is 9.90 Å². The average molecular weight is 214 g/mol. The number of carbonyl (C=O) groups is 1. The largest absolute Gasteiger partial charge is 0.480 e. The van der Waals surface area contributed by atoms with Gasteiger partial charge < -0.3 is 15.3 Å². The fourth-order valence-electron chi connectivity index (χ4n) is 1.69. The maximum absolute atomic E-state index is 11.0. The van der Waals surface area contributed by atoms with E-state index in [1.54, 1.807) is 0 Å². The Morgan fingerprint density at radius 3 is 2.60 bits per heavy atom. The molecule has 0 aromatic carbocycles. The summed E-state index contributed by atoms with van der Waals surface area (Å²) in [6.45, 7) is 6.71. The molecule has 0 saturated heterocycles. The van der Waals surface area contributed by atoms with Gasteiger partial charge in [0.1, 0.15) is 6.04 Å². The van der Waals surface area contributed by atoms with Gasteiger partial charge in [0.25, 0.3) is 0 Å². The molecule has 0 aromatic heterocycles. The van der Waals surface area contributed by atoms with E-state index in [4.69, 9.17) is 5.11 Å².